The highest BCUT2D eigenvalue weighted by Gasteiger charge is 2.07. The number of ether oxygens (including phenoxy) is 1. The minimum atomic E-state index is -0.948. The van der Waals surface area contributed by atoms with Gasteiger partial charge in [-0.25, -0.2) is 4.39 Å². The van der Waals surface area contributed by atoms with E-state index >= 15 is 0 Å². The molecule has 13 heavy (non-hydrogen) atoms. The average Bonchev–Trinajstić information content (AvgIpc) is 2.18. The zero-order valence-corrected chi connectivity index (χ0v) is 7.88. The normalized spacial score (nSPS) is 12.5. The molecule has 1 atom stereocenters. The van der Waals surface area contributed by atoms with Gasteiger partial charge in [-0.05, 0) is 24.7 Å². The van der Waals surface area contributed by atoms with Gasteiger partial charge in [-0.1, -0.05) is 12.1 Å². The third kappa shape index (κ3) is 2.70. The summed E-state index contributed by atoms with van der Waals surface area (Å²) in [5.74, 6) is 0.750. The van der Waals surface area contributed by atoms with Crippen LogP contribution >= 0.6 is 0 Å². The lowest BCUT2D eigenvalue weighted by Crippen LogP contribution is -2.13. The Bertz CT molecular complexity index is 248. The SMILES string of the molecule is CNCC(F)c1ccc(OC)cc1. The lowest BCUT2D eigenvalue weighted by atomic mass is 10.1. The maximum atomic E-state index is 13.3. The van der Waals surface area contributed by atoms with Crippen LogP contribution in [0.1, 0.15) is 11.7 Å². The van der Waals surface area contributed by atoms with Gasteiger partial charge in [0.1, 0.15) is 11.9 Å². The molecular weight excluding hydrogens is 169 g/mol. The lowest BCUT2D eigenvalue weighted by molar-refractivity contribution is 0.335. The third-order valence-corrected chi connectivity index (χ3v) is 1.86. The molecule has 0 heterocycles. The summed E-state index contributed by atoms with van der Waals surface area (Å²) >= 11 is 0. The van der Waals surface area contributed by atoms with Crippen LogP contribution in [0, 0.1) is 0 Å². The molecule has 0 aliphatic carbocycles. The van der Waals surface area contributed by atoms with Crippen molar-refractivity contribution >= 4 is 0 Å². The van der Waals surface area contributed by atoms with Crippen LogP contribution in [-0.4, -0.2) is 20.7 Å². The summed E-state index contributed by atoms with van der Waals surface area (Å²) in [6.45, 7) is 0.340. The molecule has 3 heteroatoms. The van der Waals surface area contributed by atoms with Crippen molar-refractivity contribution in [3.8, 4) is 5.75 Å². The molecule has 2 nitrogen and oxygen atoms in total. The lowest BCUT2D eigenvalue weighted by Gasteiger charge is -2.08. The highest BCUT2D eigenvalue weighted by molar-refractivity contribution is 5.28. The summed E-state index contributed by atoms with van der Waals surface area (Å²) in [5, 5.41) is 2.79. The Morgan fingerprint density at radius 3 is 2.46 bits per heavy atom. The minimum Gasteiger partial charge on any atom is -0.497 e. The smallest absolute Gasteiger partial charge is 0.137 e. The molecule has 0 aromatic heterocycles. The second kappa shape index (κ2) is 4.82. The van der Waals surface area contributed by atoms with Crippen LogP contribution in [0.5, 0.6) is 5.75 Å². The monoisotopic (exact) mass is 183 g/mol. The van der Waals surface area contributed by atoms with Gasteiger partial charge in [-0.2, -0.15) is 0 Å². The van der Waals surface area contributed by atoms with Crippen LogP contribution in [0.2, 0.25) is 0 Å². The molecule has 1 aromatic carbocycles. The van der Waals surface area contributed by atoms with E-state index < -0.39 is 6.17 Å². The summed E-state index contributed by atoms with van der Waals surface area (Å²) in [6.07, 6.45) is -0.948. The Hall–Kier alpha value is -1.09. The molecule has 1 unspecified atom stereocenters. The first kappa shape index (κ1) is 9.99. The highest BCUT2D eigenvalue weighted by atomic mass is 19.1. The summed E-state index contributed by atoms with van der Waals surface area (Å²) in [5.41, 5.74) is 0.676. The standard InChI is InChI=1S/C10H14FNO/c1-12-7-10(11)8-3-5-9(13-2)6-4-8/h3-6,10,12H,7H2,1-2H3. The number of rotatable bonds is 4. The molecule has 0 saturated heterocycles. The molecule has 0 bridgehead atoms. The van der Waals surface area contributed by atoms with Crippen molar-refractivity contribution in [2.24, 2.45) is 0 Å². The molecule has 0 radical (unpaired) electrons. The highest BCUT2D eigenvalue weighted by Crippen LogP contribution is 2.19. The maximum absolute atomic E-state index is 13.3. The molecule has 0 aliphatic heterocycles. The fourth-order valence-electron chi connectivity index (χ4n) is 1.11. The van der Waals surface area contributed by atoms with Crippen molar-refractivity contribution in [2.75, 3.05) is 20.7 Å². The number of alkyl halides is 1. The Balaban J connectivity index is 2.67. The second-order valence-corrected chi connectivity index (χ2v) is 2.80. The molecule has 1 aromatic rings. The fraction of sp³-hybridized carbons (Fsp3) is 0.400. The first-order valence-corrected chi connectivity index (χ1v) is 4.20. The van der Waals surface area contributed by atoms with Gasteiger partial charge in [0, 0.05) is 6.54 Å². The topological polar surface area (TPSA) is 21.3 Å². The summed E-state index contributed by atoms with van der Waals surface area (Å²) in [7, 11) is 3.33. The Kier molecular flexibility index (Phi) is 3.71. The fourth-order valence-corrected chi connectivity index (χ4v) is 1.11. The zero-order valence-electron chi connectivity index (χ0n) is 7.88. The van der Waals surface area contributed by atoms with Gasteiger partial charge in [0.05, 0.1) is 7.11 Å². The van der Waals surface area contributed by atoms with Gasteiger partial charge in [0.15, 0.2) is 0 Å². The molecule has 1 N–H and O–H groups in total. The van der Waals surface area contributed by atoms with E-state index in [1.54, 1.807) is 38.4 Å². The predicted octanol–water partition coefficient (Wildman–Crippen LogP) is 1.93. The Labute approximate surface area is 77.7 Å². The van der Waals surface area contributed by atoms with Crippen LogP contribution in [0.15, 0.2) is 24.3 Å². The Morgan fingerprint density at radius 2 is 2.00 bits per heavy atom. The van der Waals surface area contributed by atoms with E-state index in [9.17, 15) is 4.39 Å². The van der Waals surface area contributed by atoms with E-state index in [0.717, 1.165) is 5.75 Å². The molecule has 1 rings (SSSR count). The van der Waals surface area contributed by atoms with E-state index in [1.165, 1.54) is 0 Å². The molecule has 0 aliphatic rings. The largest absolute Gasteiger partial charge is 0.497 e. The van der Waals surface area contributed by atoms with Crippen molar-refractivity contribution in [3.63, 3.8) is 0 Å². The van der Waals surface area contributed by atoms with E-state index in [0.29, 0.717) is 12.1 Å². The van der Waals surface area contributed by atoms with Gasteiger partial charge < -0.3 is 10.1 Å². The summed E-state index contributed by atoms with van der Waals surface area (Å²) in [4.78, 5) is 0. The van der Waals surface area contributed by atoms with Crippen molar-refractivity contribution in [3.05, 3.63) is 29.8 Å². The van der Waals surface area contributed by atoms with Crippen LogP contribution in [-0.2, 0) is 0 Å². The van der Waals surface area contributed by atoms with Gasteiger partial charge in [0.2, 0.25) is 0 Å². The number of nitrogens with one attached hydrogen (secondary N) is 1. The number of hydrogen-bond acceptors (Lipinski definition) is 2. The van der Waals surface area contributed by atoms with Crippen molar-refractivity contribution in [2.45, 2.75) is 6.17 Å². The van der Waals surface area contributed by atoms with Crippen LogP contribution < -0.4 is 10.1 Å². The average molecular weight is 183 g/mol. The molecule has 72 valence electrons. The van der Waals surface area contributed by atoms with Gasteiger partial charge in [-0.15, -0.1) is 0 Å². The van der Waals surface area contributed by atoms with Gasteiger partial charge in [-0.3, -0.25) is 0 Å². The quantitative estimate of drug-likeness (QED) is 0.770. The number of likely N-dealkylation sites (N-methyl/N-ethyl adjacent to an activating group) is 1. The minimum absolute atomic E-state index is 0.340. The van der Waals surface area contributed by atoms with Gasteiger partial charge >= 0.3 is 0 Å². The second-order valence-electron chi connectivity index (χ2n) is 2.80. The molecule has 0 fully saturated rings. The first-order valence-electron chi connectivity index (χ1n) is 4.20. The predicted molar refractivity (Wildman–Crippen MR) is 50.8 cm³/mol. The van der Waals surface area contributed by atoms with Crippen molar-refractivity contribution < 1.29 is 9.13 Å². The molecule has 0 spiro atoms. The third-order valence-electron chi connectivity index (χ3n) is 1.86. The zero-order chi connectivity index (χ0) is 9.68. The summed E-state index contributed by atoms with van der Waals surface area (Å²) in [6, 6.07) is 7.00. The van der Waals surface area contributed by atoms with Crippen molar-refractivity contribution in [1.82, 2.24) is 5.32 Å². The van der Waals surface area contributed by atoms with Crippen LogP contribution in [0.3, 0.4) is 0 Å². The number of benzene rings is 1. The molecule has 0 amide bonds. The van der Waals surface area contributed by atoms with Crippen molar-refractivity contribution in [1.29, 1.82) is 0 Å². The van der Waals surface area contributed by atoms with Gasteiger partial charge in [0.25, 0.3) is 0 Å². The summed E-state index contributed by atoms with van der Waals surface area (Å²) < 4.78 is 18.2. The van der Waals surface area contributed by atoms with Crippen LogP contribution in [0.25, 0.3) is 0 Å². The number of halogens is 1. The van der Waals surface area contributed by atoms with Crippen LogP contribution in [0.4, 0.5) is 4.39 Å². The van der Waals surface area contributed by atoms with E-state index in [-0.39, 0.29) is 0 Å². The van der Waals surface area contributed by atoms with E-state index in [4.69, 9.17) is 4.74 Å². The number of hydrogen-bond donors (Lipinski definition) is 1. The maximum Gasteiger partial charge on any atom is 0.137 e. The first-order chi connectivity index (χ1) is 6.27. The van der Waals surface area contributed by atoms with E-state index in [2.05, 4.69) is 5.32 Å². The number of methoxy groups -OCH3 is 1. The Morgan fingerprint density at radius 1 is 1.38 bits per heavy atom. The van der Waals surface area contributed by atoms with E-state index in [1.807, 2.05) is 0 Å². The molecule has 0 saturated carbocycles. The molecular formula is C10H14FNO.